The summed E-state index contributed by atoms with van der Waals surface area (Å²) in [5.41, 5.74) is 5.99. The molecule has 0 aliphatic carbocycles. The van der Waals surface area contributed by atoms with E-state index in [1.807, 2.05) is 0 Å². The van der Waals surface area contributed by atoms with Gasteiger partial charge >= 0.3 is 0 Å². The molecule has 0 saturated carbocycles. The van der Waals surface area contributed by atoms with Crippen molar-refractivity contribution < 1.29 is 0 Å². The molecule has 0 aromatic heterocycles. The summed E-state index contributed by atoms with van der Waals surface area (Å²) in [4.78, 5) is 2.70. The summed E-state index contributed by atoms with van der Waals surface area (Å²) in [6.45, 7) is 2.36. The SMILES string of the molecule is c1ccc2c(c1)C[C@H]1C3Nc4ccccc4C3CCN1C2. The highest BCUT2D eigenvalue weighted by Crippen LogP contribution is 2.45. The van der Waals surface area contributed by atoms with Crippen molar-refractivity contribution in [1.82, 2.24) is 4.90 Å². The minimum Gasteiger partial charge on any atom is -0.380 e. The number of hydrogen-bond donors (Lipinski definition) is 1. The quantitative estimate of drug-likeness (QED) is 0.793. The van der Waals surface area contributed by atoms with Gasteiger partial charge < -0.3 is 5.32 Å². The standard InChI is InChI=1S/C19H20N2/c1-2-6-14-12-21-10-9-16-15-7-3-4-8-17(15)20-19(16)18(21)11-13(14)5-1/h1-8,16,18-20H,9-12H2/t16?,18-,19?/m0/s1. The number of para-hydroxylation sites is 1. The van der Waals surface area contributed by atoms with Crippen LogP contribution in [0, 0.1) is 0 Å². The van der Waals surface area contributed by atoms with Gasteiger partial charge in [-0.15, -0.1) is 0 Å². The summed E-state index contributed by atoms with van der Waals surface area (Å²) < 4.78 is 0. The van der Waals surface area contributed by atoms with Gasteiger partial charge in [0.15, 0.2) is 0 Å². The fourth-order valence-electron chi connectivity index (χ4n) is 4.63. The topological polar surface area (TPSA) is 15.3 Å². The lowest BCUT2D eigenvalue weighted by molar-refractivity contribution is 0.106. The average molecular weight is 276 g/mol. The number of anilines is 1. The maximum absolute atomic E-state index is 3.82. The van der Waals surface area contributed by atoms with Crippen molar-refractivity contribution in [2.75, 3.05) is 11.9 Å². The van der Waals surface area contributed by atoms with Crippen LogP contribution in [-0.2, 0) is 13.0 Å². The number of rotatable bonds is 0. The van der Waals surface area contributed by atoms with Crippen LogP contribution in [0.25, 0.3) is 0 Å². The van der Waals surface area contributed by atoms with Crippen molar-refractivity contribution in [3.8, 4) is 0 Å². The zero-order chi connectivity index (χ0) is 13.8. The Hall–Kier alpha value is -1.80. The van der Waals surface area contributed by atoms with Crippen LogP contribution in [0.2, 0.25) is 0 Å². The Morgan fingerprint density at radius 3 is 2.71 bits per heavy atom. The second-order valence-corrected chi connectivity index (χ2v) is 6.66. The van der Waals surface area contributed by atoms with Gasteiger partial charge in [0.1, 0.15) is 0 Å². The molecule has 106 valence electrons. The Balaban J connectivity index is 1.52. The maximum atomic E-state index is 3.82. The van der Waals surface area contributed by atoms with Crippen molar-refractivity contribution in [1.29, 1.82) is 0 Å². The molecule has 2 aromatic carbocycles. The fourth-order valence-corrected chi connectivity index (χ4v) is 4.63. The van der Waals surface area contributed by atoms with E-state index in [1.54, 1.807) is 11.1 Å². The van der Waals surface area contributed by atoms with Gasteiger partial charge in [0.05, 0.1) is 0 Å². The highest BCUT2D eigenvalue weighted by Gasteiger charge is 2.44. The third kappa shape index (κ3) is 1.69. The highest BCUT2D eigenvalue weighted by atomic mass is 15.2. The highest BCUT2D eigenvalue weighted by molar-refractivity contribution is 5.60. The van der Waals surface area contributed by atoms with Crippen LogP contribution in [0.4, 0.5) is 5.69 Å². The Morgan fingerprint density at radius 2 is 1.76 bits per heavy atom. The predicted octanol–water partition coefficient (Wildman–Crippen LogP) is 3.39. The molecule has 0 radical (unpaired) electrons. The number of piperidine rings is 1. The Morgan fingerprint density at radius 1 is 0.952 bits per heavy atom. The van der Waals surface area contributed by atoms with Crippen LogP contribution in [-0.4, -0.2) is 23.5 Å². The summed E-state index contributed by atoms with van der Waals surface area (Å²) in [6.07, 6.45) is 2.48. The molecule has 2 aromatic rings. The summed E-state index contributed by atoms with van der Waals surface area (Å²) in [6, 6.07) is 19.1. The lowest BCUT2D eigenvalue weighted by atomic mass is 9.79. The molecule has 5 rings (SSSR count). The van der Waals surface area contributed by atoms with Gasteiger partial charge in [0, 0.05) is 30.2 Å². The molecule has 2 heteroatoms. The van der Waals surface area contributed by atoms with Crippen LogP contribution >= 0.6 is 0 Å². The first-order valence-electron chi connectivity index (χ1n) is 8.06. The number of nitrogens with one attached hydrogen (secondary N) is 1. The smallest absolute Gasteiger partial charge is 0.0490 e. The molecule has 3 heterocycles. The zero-order valence-electron chi connectivity index (χ0n) is 12.1. The van der Waals surface area contributed by atoms with E-state index in [4.69, 9.17) is 0 Å². The lowest BCUT2D eigenvalue weighted by Crippen LogP contribution is -2.55. The van der Waals surface area contributed by atoms with Crippen molar-refractivity contribution in [2.24, 2.45) is 0 Å². The molecule has 3 aliphatic rings. The summed E-state index contributed by atoms with van der Waals surface area (Å²) >= 11 is 0. The minimum atomic E-state index is 0.588. The van der Waals surface area contributed by atoms with E-state index in [9.17, 15) is 0 Å². The first kappa shape index (κ1) is 11.8. The second-order valence-electron chi connectivity index (χ2n) is 6.66. The second kappa shape index (κ2) is 4.35. The number of hydrogen-bond acceptors (Lipinski definition) is 2. The van der Waals surface area contributed by atoms with Gasteiger partial charge in [-0.2, -0.15) is 0 Å². The van der Waals surface area contributed by atoms with Crippen molar-refractivity contribution >= 4 is 5.69 Å². The molecule has 1 saturated heterocycles. The minimum absolute atomic E-state index is 0.588. The Kier molecular flexibility index (Phi) is 2.45. The third-order valence-electron chi connectivity index (χ3n) is 5.65. The van der Waals surface area contributed by atoms with Gasteiger partial charge in [-0.05, 0) is 42.1 Å². The molecule has 3 aliphatic heterocycles. The fraction of sp³-hybridized carbons (Fsp3) is 0.368. The zero-order valence-corrected chi connectivity index (χ0v) is 12.1. The maximum Gasteiger partial charge on any atom is 0.0490 e. The van der Waals surface area contributed by atoms with Crippen LogP contribution in [0.5, 0.6) is 0 Å². The summed E-state index contributed by atoms with van der Waals surface area (Å²) in [5.74, 6) is 0.702. The predicted molar refractivity (Wildman–Crippen MR) is 85.6 cm³/mol. The van der Waals surface area contributed by atoms with E-state index in [-0.39, 0.29) is 0 Å². The van der Waals surface area contributed by atoms with Gasteiger partial charge in [-0.3, -0.25) is 4.90 Å². The number of benzene rings is 2. The van der Waals surface area contributed by atoms with Crippen molar-refractivity contribution in [2.45, 2.75) is 37.4 Å². The monoisotopic (exact) mass is 276 g/mol. The molecular formula is C19H20N2. The van der Waals surface area contributed by atoms with Crippen LogP contribution in [0.3, 0.4) is 0 Å². The van der Waals surface area contributed by atoms with E-state index in [1.165, 1.54) is 30.6 Å². The molecule has 0 amide bonds. The Labute approximate surface area is 125 Å². The van der Waals surface area contributed by atoms with E-state index >= 15 is 0 Å². The number of fused-ring (bicyclic) bond motifs is 6. The normalized spacial score (nSPS) is 29.8. The lowest BCUT2D eigenvalue weighted by Gasteiger charge is -2.46. The molecule has 2 unspecified atom stereocenters. The first-order valence-corrected chi connectivity index (χ1v) is 8.06. The number of nitrogens with zero attached hydrogens (tertiary/aromatic N) is 1. The van der Waals surface area contributed by atoms with E-state index < -0.39 is 0 Å². The first-order chi connectivity index (χ1) is 10.4. The van der Waals surface area contributed by atoms with E-state index in [0.717, 1.165) is 6.54 Å². The van der Waals surface area contributed by atoms with Gasteiger partial charge in [-0.25, -0.2) is 0 Å². The molecule has 1 fully saturated rings. The van der Waals surface area contributed by atoms with E-state index in [2.05, 4.69) is 58.7 Å². The molecule has 0 spiro atoms. The summed E-state index contributed by atoms with van der Waals surface area (Å²) in [7, 11) is 0. The molecule has 21 heavy (non-hydrogen) atoms. The Bertz CT molecular complexity index is 693. The molecule has 2 nitrogen and oxygen atoms in total. The molecular weight excluding hydrogens is 256 g/mol. The average Bonchev–Trinajstić information content (AvgIpc) is 2.92. The molecule has 1 N–H and O–H groups in total. The largest absolute Gasteiger partial charge is 0.380 e. The molecule has 0 bridgehead atoms. The molecule has 3 atom stereocenters. The summed E-state index contributed by atoms with van der Waals surface area (Å²) in [5, 5.41) is 3.82. The van der Waals surface area contributed by atoms with Gasteiger partial charge in [-0.1, -0.05) is 42.5 Å². The van der Waals surface area contributed by atoms with Gasteiger partial charge in [0.25, 0.3) is 0 Å². The third-order valence-corrected chi connectivity index (χ3v) is 5.65. The van der Waals surface area contributed by atoms with Crippen LogP contribution in [0.1, 0.15) is 29.0 Å². The van der Waals surface area contributed by atoms with Crippen molar-refractivity contribution in [3.05, 3.63) is 65.2 Å². The van der Waals surface area contributed by atoms with Gasteiger partial charge in [0.2, 0.25) is 0 Å². The van der Waals surface area contributed by atoms with Crippen LogP contribution in [0.15, 0.2) is 48.5 Å². The van der Waals surface area contributed by atoms with Crippen molar-refractivity contribution in [3.63, 3.8) is 0 Å². The van der Waals surface area contributed by atoms with E-state index in [0.29, 0.717) is 18.0 Å². The van der Waals surface area contributed by atoms with Crippen LogP contribution < -0.4 is 5.32 Å².